The largest absolute Gasteiger partial charge is 0.493 e. The molecule has 0 saturated carbocycles. The minimum atomic E-state index is -0.500. The molecule has 7 heteroatoms. The van der Waals surface area contributed by atoms with Gasteiger partial charge in [0.15, 0.2) is 11.5 Å². The third kappa shape index (κ3) is 4.22. The number of hydrogen-bond acceptors (Lipinski definition) is 5. The van der Waals surface area contributed by atoms with Gasteiger partial charge in [-0.1, -0.05) is 70.0 Å². The lowest BCUT2D eigenvalue weighted by molar-refractivity contribution is -0.151. The number of nitrogens with zero attached hydrogens (tertiary/aromatic N) is 3. The van der Waals surface area contributed by atoms with E-state index in [0.717, 1.165) is 76.7 Å². The van der Waals surface area contributed by atoms with Crippen LogP contribution < -0.4 is 9.47 Å². The highest BCUT2D eigenvalue weighted by atomic mass is 79.9. The average Bonchev–Trinajstić information content (AvgIpc) is 3.34. The molecule has 180 valence electrons. The van der Waals surface area contributed by atoms with E-state index < -0.39 is 5.72 Å². The summed E-state index contributed by atoms with van der Waals surface area (Å²) in [6.45, 7) is 2.84. The minimum Gasteiger partial charge on any atom is -0.493 e. The van der Waals surface area contributed by atoms with Gasteiger partial charge in [0, 0.05) is 54.0 Å². The van der Waals surface area contributed by atoms with Crippen LogP contribution in [0.1, 0.15) is 42.0 Å². The third-order valence-electron chi connectivity index (χ3n) is 7.31. The highest BCUT2D eigenvalue weighted by molar-refractivity contribution is 9.10. The molecule has 3 aliphatic rings. The number of fused-ring (bicyclic) bond motifs is 4. The molecule has 3 aromatic rings. The van der Waals surface area contributed by atoms with E-state index in [-0.39, 0.29) is 6.04 Å². The first-order chi connectivity index (χ1) is 17.0. The van der Waals surface area contributed by atoms with Crippen molar-refractivity contribution >= 4 is 33.2 Å². The van der Waals surface area contributed by atoms with Gasteiger partial charge < -0.3 is 9.47 Å². The zero-order valence-corrected chi connectivity index (χ0v) is 21.9. The molecule has 0 aliphatic carbocycles. The molecule has 3 aliphatic heterocycles. The molecule has 0 radical (unpaired) electrons. The van der Waals surface area contributed by atoms with Crippen LogP contribution in [0.25, 0.3) is 0 Å². The van der Waals surface area contributed by atoms with Crippen molar-refractivity contribution in [1.29, 1.82) is 0 Å². The van der Waals surface area contributed by atoms with E-state index in [9.17, 15) is 0 Å². The second-order valence-corrected chi connectivity index (χ2v) is 10.8. The Hall–Kier alpha value is -2.54. The summed E-state index contributed by atoms with van der Waals surface area (Å²) < 4.78 is 13.6. The van der Waals surface area contributed by atoms with Crippen LogP contribution in [-0.4, -0.2) is 41.5 Å². The maximum Gasteiger partial charge on any atom is 0.200 e. The van der Waals surface area contributed by atoms with Crippen LogP contribution in [0.15, 0.2) is 76.3 Å². The Morgan fingerprint density at radius 1 is 1.09 bits per heavy atom. The van der Waals surface area contributed by atoms with Crippen LogP contribution in [-0.2, 0) is 6.54 Å². The predicted octanol–water partition coefficient (Wildman–Crippen LogP) is 6.65. The molecule has 35 heavy (non-hydrogen) atoms. The molecule has 3 aromatic carbocycles. The van der Waals surface area contributed by atoms with Gasteiger partial charge in [0.1, 0.15) is 0 Å². The molecule has 1 spiro atoms. The zero-order valence-electron chi connectivity index (χ0n) is 19.6. The standard InChI is InChI=1S/C28H27BrClN3O2/c1-34-26-16-21(29)15-23-25-17-24(20-7-9-22(30)10-8-20)31-33(25)28(35-27(23)26)11-13-32(14-12-28)18-19-5-3-2-4-6-19/h2-10,15-16,25H,11-14,17-18H2,1H3/t25-/m1/s1. The van der Waals surface area contributed by atoms with E-state index in [0.29, 0.717) is 0 Å². The molecule has 1 atom stereocenters. The Morgan fingerprint density at radius 3 is 2.54 bits per heavy atom. The quantitative estimate of drug-likeness (QED) is 0.363. The first-order valence-corrected chi connectivity index (χ1v) is 13.2. The van der Waals surface area contributed by atoms with Gasteiger partial charge in [-0.3, -0.25) is 4.90 Å². The zero-order chi connectivity index (χ0) is 24.0. The second-order valence-electron chi connectivity index (χ2n) is 9.45. The lowest BCUT2D eigenvalue weighted by atomic mass is 9.90. The topological polar surface area (TPSA) is 37.3 Å². The van der Waals surface area contributed by atoms with Crippen molar-refractivity contribution < 1.29 is 9.47 Å². The maximum absolute atomic E-state index is 6.88. The normalized spacial score (nSPS) is 20.7. The first-order valence-electron chi connectivity index (χ1n) is 12.0. The van der Waals surface area contributed by atoms with Gasteiger partial charge in [-0.05, 0) is 35.4 Å². The SMILES string of the molecule is COc1cc(Br)cc2c1OC1(CCN(Cc3ccccc3)CC1)N1N=C(c3ccc(Cl)cc3)C[C@H]21. The number of hydrazone groups is 1. The number of ether oxygens (including phenoxy) is 2. The third-order valence-corrected chi connectivity index (χ3v) is 8.02. The summed E-state index contributed by atoms with van der Waals surface area (Å²) in [6.07, 6.45) is 2.55. The number of piperidine rings is 1. The van der Waals surface area contributed by atoms with Crippen molar-refractivity contribution in [1.82, 2.24) is 9.91 Å². The minimum absolute atomic E-state index is 0.0940. The summed E-state index contributed by atoms with van der Waals surface area (Å²) in [6, 6.07) is 22.9. The molecule has 0 unspecified atom stereocenters. The predicted molar refractivity (Wildman–Crippen MR) is 142 cm³/mol. The van der Waals surface area contributed by atoms with Crippen LogP contribution in [0, 0.1) is 0 Å². The fourth-order valence-electron chi connectivity index (χ4n) is 5.51. The Labute approximate surface area is 219 Å². The van der Waals surface area contributed by atoms with E-state index in [1.807, 2.05) is 18.2 Å². The highest BCUT2D eigenvalue weighted by Gasteiger charge is 2.52. The number of benzene rings is 3. The van der Waals surface area contributed by atoms with Crippen LogP contribution in [0.3, 0.4) is 0 Å². The van der Waals surface area contributed by atoms with Crippen LogP contribution in [0.2, 0.25) is 5.02 Å². The van der Waals surface area contributed by atoms with Gasteiger partial charge in [-0.25, -0.2) is 5.01 Å². The van der Waals surface area contributed by atoms with Gasteiger partial charge in [0.2, 0.25) is 5.72 Å². The number of likely N-dealkylation sites (tertiary alicyclic amines) is 1. The van der Waals surface area contributed by atoms with Crippen LogP contribution >= 0.6 is 27.5 Å². The van der Waals surface area contributed by atoms with Crippen LogP contribution in [0.4, 0.5) is 0 Å². The Kier molecular flexibility index (Phi) is 5.99. The molecule has 1 saturated heterocycles. The highest BCUT2D eigenvalue weighted by Crippen LogP contribution is 2.53. The molecule has 0 aromatic heterocycles. The maximum atomic E-state index is 6.88. The van der Waals surface area contributed by atoms with E-state index in [2.05, 4.69) is 74.4 Å². The number of methoxy groups -OCH3 is 1. The average molecular weight is 553 g/mol. The summed E-state index contributed by atoms with van der Waals surface area (Å²) in [4.78, 5) is 2.51. The summed E-state index contributed by atoms with van der Waals surface area (Å²) >= 11 is 9.81. The van der Waals surface area contributed by atoms with Gasteiger partial charge in [-0.2, -0.15) is 5.10 Å². The van der Waals surface area contributed by atoms with Crippen molar-refractivity contribution in [2.24, 2.45) is 5.10 Å². The number of halogens is 2. The van der Waals surface area contributed by atoms with E-state index >= 15 is 0 Å². The Balaban J connectivity index is 1.34. The lowest BCUT2D eigenvalue weighted by Crippen LogP contribution is -2.59. The van der Waals surface area contributed by atoms with Gasteiger partial charge in [0.25, 0.3) is 0 Å². The molecule has 6 rings (SSSR count). The monoisotopic (exact) mass is 551 g/mol. The van der Waals surface area contributed by atoms with Crippen molar-refractivity contribution in [2.45, 2.75) is 37.6 Å². The second kappa shape index (κ2) is 9.16. The molecule has 0 bridgehead atoms. The van der Waals surface area contributed by atoms with Gasteiger partial charge >= 0.3 is 0 Å². The van der Waals surface area contributed by atoms with Crippen molar-refractivity contribution in [3.63, 3.8) is 0 Å². The summed E-state index contributed by atoms with van der Waals surface area (Å²) in [5.74, 6) is 1.61. The van der Waals surface area contributed by atoms with Gasteiger partial charge in [-0.15, -0.1) is 0 Å². The van der Waals surface area contributed by atoms with Crippen LogP contribution in [0.5, 0.6) is 11.5 Å². The summed E-state index contributed by atoms with van der Waals surface area (Å²) in [5.41, 5.74) is 4.12. The van der Waals surface area contributed by atoms with E-state index in [1.54, 1.807) is 7.11 Å². The number of rotatable bonds is 4. The fraction of sp³-hybridized carbons (Fsp3) is 0.321. The molecule has 0 amide bonds. The smallest absolute Gasteiger partial charge is 0.200 e. The lowest BCUT2D eigenvalue weighted by Gasteiger charge is -2.51. The molecular formula is C28H27BrClN3O2. The molecule has 0 N–H and O–H groups in total. The fourth-order valence-corrected chi connectivity index (χ4v) is 6.09. The van der Waals surface area contributed by atoms with Gasteiger partial charge in [0.05, 0.1) is 18.9 Å². The molecule has 3 heterocycles. The van der Waals surface area contributed by atoms with Crippen molar-refractivity contribution in [2.75, 3.05) is 20.2 Å². The Morgan fingerprint density at radius 2 is 1.83 bits per heavy atom. The molecule has 5 nitrogen and oxygen atoms in total. The van der Waals surface area contributed by atoms with Crippen molar-refractivity contribution in [3.8, 4) is 11.5 Å². The first kappa shape index (κ1) is 22.9. The van der Waals surface area contributed by atoms with E-state index in [4.69, 9.17) is 26.2 Å². The van der Waals surface area contributed by atoms with E-state index in [1.165, 1.54) is 5.56 Å². The summed E-state index contributed by atoms with van der Waals surface area (Å²) in [5, 5.41) is 8.16. The molecule has 1 fully saturated rings. The number of hydrogen-bond donors (Lipinski definition) is 0. The van der Waals surface area contributed by atoms with Crippen molar-refractivity contribution in [3.05, 3.63) is 92.9 Å². The Bertz CT molecular complexity index is 1260. The summed E-state index contributed by atoms with van der Waals surface area (Å²) in [7, 11) is 1.71. The molecular weight excluding hydrogens is 526 g/mol.